The number of ether oxygens (including phenoxy) is 2. The van der Waals surface area contributed by atoms with Gasteiger partial charge in [0.05, 0.1) is 31.0 Å². The van der Waals surface area contributed by atoms with E-state index in [1.807, 2.05) is 53.8 Å². The number of methoxy groups -OCH3 is 1. The van der Waals surface area contributed by atoms with Gasteiger partial charge in [-0.25, -0.2) is 24.8 Å². The molecule has 2 unspecified atom stereocenters. The molecule has 40 heavy (non-hydrogen) atoms. The van der Waals surface area contributed by atoms with Crippen molar-refractivity contribution < 1.29 is 19.1 Å². The van der Waals surface area contributed by atoms with Gasteiger partial charge in [0.25, 0.3) is 0 Å². The molecule has 0 spiro atoms. The van der Waals surface area contributed by atoms with Crippen molar-refractivity contribution in [2.75, 3.05) is 44.8 Å². The highest BCUT2D eigenvalue weighted by Crippen LogP contribution is 2.36. The largest absolute Gasteiger partial charge is 0.453 e. The van der Waals surface area contributed by atoms with Crippen molar-refractivity contribution in [3.63, 3.8) is 0 Å². The third-order valence-corrected chi connectivity index (χ3v) is 8.66. The minimum absolute atomic E-state index is 0.105. The zero-order valence-electron chi connectivity index (χ0n) is 24.1. The van der Waals surface area contributed by atoms with Crippen LogP contribution in [0.25, 0.3) is 22.2 Å². The molecule has 2 amide bonds. The van der Waals surface area contributed by atoms with Crippen LogP contribution in [0.5, 0.6) is 0 Å². The van der Waals surface area contributed by atoms with Crippen LogP contribution in [-0.4, -0.2) is 82.3 Å². The molecule has 1 fully saturated rings. The van der Waals surface area contributed by atoms with Gasteiger partial charge >= 0.3 is 6.09 Å². The molecule has 0 saturated carbocycles. The highest BCUT2D eigenvalue weighted by Gasteiger charge is 2.38. The van der Waals surface area contributed by atoms with Gasteiger partial charge in [-0.2, -0.15) is 0 Å². The smallest absolute Gasteiger partial charge is 0.407 e. The van der Waals surface area contributed by atoms with Crippen LogP contribution in [0.2, 0.25) is 5.15 Å². The highest BCUT2D eigenvalue weighted by molar-refractivity contribution is 8.32. The van der Waals surface area contributed by atoms with Crippen molar-refractivity contribution in [2.24, 2.45) is 5.92 Å². The highest BCUT2D eigenvalue weighted by atomic mass is 35.5. The fourth-order valence-electron chi connectivity index (χ4n) is 4.85. The molecule has 3 aromatic rings. The molecule has 218 valence electrons. The Kier molecular flexibility index (Phi) is 9.64. The number of benzene rings is 1. The fraction of sp³-hybridized carbons (Fsp3) is 0.517. The molecule has 11 heteroatoms. The molecule has 3 heterocycles. The van der Waals surface area contributed by atoms with E-state index in [1.54, 1.807) is 6.07 Å². The first-order valence-electron chi connectivity index (χ1n) is 13.5. The number of alkyl carbamates (subject to hydrolysis) is 1. The van der Waals surface area contributed by atoms with Gasteiger partial charge in [-0.1, -0.05) is 31.5 Å². The molecule has 1 aliphatic rings. The minimum atomic E-state index is -0.693. The van der Waals surface area contributed by atoms with Gasteiger partial charge in [-0.05, 0) is 61.8 Å². The molecule has 1 aromatic carbocycles. The first-order chi connectivity index (χ1) is 19.0. The lowest BCUT2D eigenvalue weighted by molar-refractivity contribution is -0.135. The molecule has 2 atom stereocenters. The Morgan fingerprint density at radius 2 is 1.95 bits per heavy atom. The van der Waals surface area contributed by atoms with Crippen LogP contribution < -0.4 is 5.32 Å². The molecule has 1 saturated heterocycles. The van der Waals surface area contributed by atoms with Gasteiger partial charge in [-0.3, -0.25) is 4.79 Å². The van der Waals surface area contributed by atoms with Gasteiger partial charge in [0.15, 0.2) is 0 Å². The number of hydrogen-bond acceptors (Lipinski definition) is 6. The number of carbonyl (C=O) groups is 2. The summed E-state index contributed by atoms with van der Waals surface area (Å²) in [6.45, 7) is 5.41. The molecule has 0 bridgehead atoms. The number of imidazole rings is 1. The van der Waals surface area contributed by atoms with Crippen LogP contribution in [0.15, 0.2) is 36.5 Å². The van der Waals surface area contributed by atoms with Crippen molar-refractivity contribution >= 4 is 44.5 Å². The Morgan fingerprint density at radius 3 is 2.65 bits per heavy atom. The quantitative estimate of drug-likeness (QED) is 0.249. The van der Waals surface area contributed by atoms with E-state index in [0.29, 0.717) is 25.0 Å². The average Bonchev–Trinajstić information content (AvgIpc) is 3.55. The monoisotopic (exact) mass is 589 g/mol. The van der Waals surface area contributed by atoms with Gasteiger partial charge in [0.1, 0.15) is 23.8 Å². The van der Waals surface area contributed by atoms with Crippen LogP contribution in [0.4, 0.5) is 4.79 Å². The fourth-order valence-corrected chi connectivity index (χ4v) is 5.62. The number of likely N-dealkylation sites (tertiary alicyclic amines) is 1. The third kappa shape index (κ3) is 7.27. The van der Waals surface area contributed by atoms with Crippen LogP contribution in [0.3, 0.4) is 0 Å². The van der Waals surface area contributed by atoms with E-state index in [1.165, 1.54) is 7.11 Å². The number of halogens is 1. The van der Waals surface area contributed by atoms with E-state index in [4.69, 9.17) is 26.1 Å². The Hall–Kier alpha value is -2.82. The maximum atomic E-state index is 13.7. The second-order valence-electron chi connectivity index (χ2n) is 11.4. The topological polar surface area (TPSA) is 98.6 Å². The molecule has 0 aliphatic carbocycles. The third-order valence-electron chi connectivity index (χ3n) is 7.05. The summed E-state index contributed by atoms with van der Waals surface area (Å²) in [6.07, 6.45) is 9.82. The Bertz CT molecular complexity index is 1360. The number of aromatic nitrogens is 3. The van der Waals surface area contributed by atoms with Crippen molar-refractivity contribution in [1.29, 1.82) is 0 Å². The van der Waals surface area contributed by atoms with Crippen molar-refractivity contribution in [1.82, 2.24) is 24.8 Å². The molecule has 9 nitrogen and oxygen atoms in total. The average molecular weight is 590 g/mol. The number of pyridine rings is 1. The van der Waals surface area contributed by atoms with Gasteiger partial charge in [0, 0.05) is 29.4 Å². The maximum absolute atomic E-state index is 13.7. The second-order valence-corrected chi connectivity index (χ2v) is 16.4. The molecule has 2 aromatic heterocycles. The number of carbonyl (C=O) groups excluding carboxylic acids is 2. The molecular weight excluding hydrogens is 550 g/mol. The molecule has 0 radical (unpaired) electrons. The van der Waals surface area contributed by atoms with Gasteiger partial charge < -0.3 is 24.3 Å². The summed E-state index contributed by atoms with van der Waals surface area (Å²) in [5, 5.41) is 4.14. The summed E-state index contributed by atoms with van der Waals surface area (Å²) in [6, 6.07) is 8.76. The van der Waals surface area contributed by atoms with Crippen molar-refractivity contribution in [2.45, 2.75) is 45.5 Å². The lowest BCUT2D eigenvalue weighted by Crippen LogP contribution is -2.51. The van der Waals surface area contributed by atoms with E-state index in [0.717, 1.165) is 46.6 Å². The Morgan fingerprint density at radius 1 is 1.18 bits per heavy atom. The summed E-state index contributed by atoms with van der Waals surface area (Å²) in [5.41, 5.74) is 2.55. The van der Waals surface area contributed by atoms with Gasteiger partial charge in [-0.15, -0.1) is 0 Å². The zero-order chi connectivity index (χ0) is 29.0. The van der Waals surface area contributed by atoms with E-state index < -0.39 is 22.2 Å². The number of fused-ring (bicyclic) bond motifs is 1. The lowest BCUT2D eigenvalue weighted by Gasteiger charge is -2.30. The Labute approximate surface area is 242 Å². The number of nitrogens with zero attached hydrogens (tertiary/aromatic N) is 4. The standard InChI is InChI=1S/C29H40ClN5O4S/c1-19(2)26(33-29(37)38-3)28(36)35-13-7-8-24(35)27-32-23(17-34(27)18-39-14-15-40(4,5)6)21-9-11-22-20(16-21)10-12-25(30)31-22/h9-12,16-17,19,24,26H,7-8,13-15,18H2,1-6H3,(H,33,37). The number of hydrogen-bond donors (Lipinski definition) is 1. The normalized spacial score (nSPS) is 16.9. The van der Waals surface area contributed by atoms with Crippen molar-refractivity contribution in [3.8, 4) is 11.3 Å². The molecule has 4 rings (SSSR count). The van der Waals surface area contributed by atoms with Crippen LogP contribution >= 0.6 is 21.6 Å². The maximum Gasteiger partial charge on any atom is 0.407 e. The predicted octanol–water partition coefficient (Wildman–Crippen LogP) is 5.46. The minimum Gasteiger partial charge on any atom is -0.453 e. The summed E-state index contributed by atoms with van der Waals surface area (Å²) in [7, 11) is 0.620. The first kappa shape index (κ1) is 30.1. The first-order valence-corrected chi connectivity index (χ1v) is 16.9. The number of rotatable bonds is 10. The van der Waals surface area contributed by atoms with E-state index in [-0.39, 0.29) is 17.9 Å². The van der Waals surface area contributed by atoms with Crippen LogP contribution in [0.1, 0.15) is 38.6 Å². The summed E-state index contributed by atoms with van der Waals surface area (Å²) >= 11 is 6.08. The zero-order valence-corrected chi connectivity index (χ0v) is 25.7. The number of amides is 2. The summed E-state index contributed by atoms with van der Waals surface area (Å²) < 4.78 is 12.9. The molecule has 1 aliphatic heterocycles. The predicted molar refractivity (Wildman–Crippen MR) is 162 cm³/mol. The van der Waals surface area contributed by atoms with Gasteiger partial charge in [0.2, 0.25) is 5.91 Å². The van der Waals surface area contributed by atoms with Crippen LogP contribution in [0, 0.1) is 5.92 Å². The second kappa shape index (κ2) is 12.8. The Balaban J connectivity index is 1.66. The van der Waals surface area contributed by atoms with E-state index in [9.17, 15) is 9.59 Å². The van der Waals surface area contributed by atoms with E-state index >= 15 is 0 Å². The van der Waals surface area contributed by atoms with Crippen molar-refractivity contribution in [3.05, 3.63) is 47.5 Å². The van der Waals surface area contributed by atoms with E-state index in [2.05, 4.69) is 29.1 Å². The molecular formula is C29H40ClN5O4S. The summed E-state index contributed by atoms with van der Waals surface area (Å²) in [4.78, 5) is 37.0. The number of nitrogens with one attached hydrogen (secondary N) is 1. The lowest BCUT2D eigenvalue weighted by atomic mass is 10.0. The molecule has 1 N–H and O–H groups in total. The van der Waals surface area contributed by atoms with Crippen LogP contribution in [-0.2, 0) is 21.0 Å². The summed E-state index contributed by atoms with van der Waals surface area (Å²) in [5.74, 6) is 1.54. The SMILES string of the molecule is COC(=O)NC(C(=O)N1CCCC1c1nc(-c2ccc3nc(Cl)ccc3c2)cn1COCCS(C)(C)C)C(C)C.